The number of hydrogen-bond acceptors (Lipinski definition) is 6. The fourth-order valence-corrected chi connectivity index (χ4v) is 4.85. The molecule has 30 heavy (non-hydrogen) atoms. The van der Waals surface area contributed by atoms with Gasteiger partial charge in [-0.1, -0.05) is 35.6 Å². The highest BCUT2D eigenvalue weighted by molar-refractivity contribution is 7.89. The Bertz CT molecular complexity index is 1360. The Morgan fingerprint density at radius 1 is 1.10 bits per heavy atom. The minimum absolute atomic E-state index is 0.0998. The van der Waals surface area contributed by atoms with E-state index in [4.69, 9.17) is 4.42 Å². The molecule has 4 aromatic rings. The molecule has 9 heteroatoms. The minimum Gasteiger partial charge on any atom is -0.468 e. The van der Waals surface area contributed by atoms with Crippen molar-refractivity contribution >= 4 is 37.3 Å². The molecule has 0 radical (unpaired) electrons. The number of aromatic nitrogens is 1. The zero-order valence-corrected chi connectivity index (χ0v) is 18.1. The van der Waals surface area contributed by atoms with Crippen molar-refractivity contribution in [2.24, 2.45) is 17.3 Å². The van der Waals surface area contributed by atoms with E-state index in [1.165, 1.54) is 6.26 Å². The van der Waals surface area contributed by atoms with Gasteiger partial charge < -0.3 is 8.98 Å². The molecule has 0 aliphatic heterocycles. The zero-order chi connectivity index (χ0) is 21.1. The molecule has 0 fully saturated rings. The Balaban J connectivity index is 1.53. The Kier molecular flexibility index (Phi) is 5.67. The fraction of sp³-hybridized carbons (Fsp3) is 0.143. The molecule has 0 saturated heterocycles. The summed E-state index contributed by atoms with van der Waals surface area (Å²) in [7, 11) is -1.67. The van der Waals surface area contributed by atoms with Crippen molar-refractivity contribution in [1.29, 1.82) is 0 Å². The molecule has 154 valence electrons. The molecular formula is C21H20N4O3S2. The number of nitrogens with one attached hydrogen (secondary N) is 1. The number of sulfonamides is 1. The van der Waals surface area contributed by atoms with Gasteiger partial charge in [-0.2, -0.15) is 5.10 Å². The zero-order valence-electron chi connectivity index (χ0n) is 16.4. The van der Waals surface area contributed by atoms with Crippen LogP contribution in [-0.4, -0.2) is 18.7 Å². The molecule has 4 rings (SSSR count). The number of fused-ring (bicyclic) bond motifs is 1. The number of furan rings is 1. The average Bonchev–Trinajstić information content (AvgIpc) is 3.39. The minimum atomic E-state index is -3.63. The fourth-order valence-electron chi connectivity index (χ4n) is 2.89. The van der Waals surface area contributed by atoms with Crippen molar-refractivity contribution in [3.05, 3.63) is 83.1 Å². The van der Waals surface area contributed by atoms with Gasteiger partial charge in [-0.05, 0) is 48.9 Å². The molecule has 2 heterocycles. The first-order chi connectivity index (χ1) is 14.4. The van der Waals surface area contributed by atoms with Gasteiger partial charge in [-0.15, -0.1) is 5.10 Å². The van der Waals surface area contributed by atoms with Crippen molar-refractivity contribution in [2.45, 2.75) is 18.4 Å². The van der Waals surface area contributed by atoms with Crippen LogP contribution < -0.4 is 9.52 Å². The van der Waals surface area contributed by atoms with E-state index in [2.05, 4.69) is 21.0 Å². The molecule has 0 spiro atoms. The van der Waals surface area contributed by atoms with E-state index in [-0.39, 0.29) is 11.4 Å². The first-order valence-electron chi connectivity index (χ1n) is 9.19. The molecule has 0 unspecified atom stereocenters. The molecule has 0 aliphatic carbocycles. The maximum absolute atomic E-state index is 12.4. The van der Waals surface area contributed by atoms with Gasteiger partial charge in [0.15, 0.2) is 0 Å². The van der Waals surface area contributed by atoms with Gasteiger partial charge in [-0.25, -0.2) is 13.1 Å². The first-order valence-corrected chi connectivity index (χ1v) is 11.5. The van der Waals surface area contributed by atoms with Crippen molar-refractivity contribution in [2.75, 3.05) is 0 Å². The molecule has 2 aromatic carbocycles. The molecule has 0 bridgehead atoms. The van der Waals surface area contributed by atoms with Gasteiger partial charge in [0.1, 0.15) is 5.76 Å². The van der Waals surface area contributed by atoms with Crippen LogP contribution >= 0.6 is 11.3 Å². The van der Waals surface area contributed by atoms with Crippen molar-refractivity contribution in [3.8, 4) is 0 Å². The van der Waals surface area contributed by atoms with Crippen LogP contribution in [0.3, 0.4) is 0 Å². The third-order valence-electron chi connectivity index (χ3n) is 4.60. The number of hydrogen-bond donors (Lipinski definition) is 1. The van der Waals surface area contributed by atoms with Crippen LogP contribution in [0, 0.1) is 0 Å². The number of thiazole rings is 1. The van der Waals surface area contributed by atoms with Crippen LogP contribution in [0.15, 0.2) is 86.4 Å². The second-order valence-electron chi connectivity index (χ2n) is 6.63. The summed E-state index contributed by atoms with van der Waals surface area (Å²) in [4.78, 5) is 0.968. The monoisotopic (exact) mass is 440 g/mol. The normalized spacial score (nSPS) is 13.3. The summed E-state index contributed by atoms with van der Waals surface area (Å²) in [5.74, 6) is 0.550. The lowest BCUT2D eigenvalue weighted by atomic mass is 10.1. The second-order valence-corrected chi connectivity index (χ2v) is 9.40. The van der Waals surface area contributed by atoms with Gasteiger partial charge in [0.05, 0.1) is 33.6 Å². The van der Waals surface area contributed by atoms with Gasteiger partial charge in [-0.3, -0.25) is 0 Å². The van der Waals surface area contributed by atoms with Gasteiger partial charge in [0, 0.05) is 7.05 Å². The lowest BCUT2D eigenvalue weighted by Gasteiger charge is -2.06. The Hall–Kier alpha value is -3.01. The standard InChI is InChI=1S/C21H20N4O3S2/c1-15(23-24-21-25(2)19-7-3-4-8-20(19)29-21)16-9-11-18(12-10-16)30(26,27)22-14-17-6-5-13-28-17/h3-13,22H,14H2,1-2H3/b23-15+,24-21+. The molecule has 0 atom stereocenters. The van der Waals surface area contributed by atoms with E-state index in [1.807, 2.05) is 36.7 Å². The maximum atomic E-state index is 12.4. The topological polar surface area (TPSA) is 89.0 Å². The number of para-hydroxylation sites is 1. The number of nitrogens with zero attached hydrogens (tertiary/aromatic N) is 3. The molecular weight excluding hydrogens is 420 g/mol. The van der Waals surface area contributed by atoms with Crippen LogP contribution in [0.2, 0.25) is 0 Å². The van der Waals surface area contributed by atoms with E-state index in [0.29, 0.717) is 11.5 Å². The highest BCUT2D eigenvalue weighted by Gasteiger charge is 2.14. The summed E-state index contributed by atoms with van der Waals surface area (Å²) in [6.45, 7) is 1.94. The number of rotatable bonds is 6. The summed E-state index contributed by atoms with van der Waals surface area (Å²) in [6.07, 6.45) is 1.50. The molecule has 0 amide bonds. The Morgan fingerprint density at radius 3 is 2.57 bits per heavy atom. The van der Waals surface area contributed by atoms with Crippen LogP contribution in [0.4, 0.5) is 0 Å². The average molecular weight is 441 g/mol. The summed E-state index contributed by atoms with van der Waals surface area (Å²) >= 11 is 1.57. The first kappa shape index (κ1) is 20.3. The highest BCUT2D eigenvalue weighted by Crippen LogP contribution is 2.16. The molecule has 2 aromatic heterocycles. The van der Waals surface area contributed by atoms with E-state index in [1.54, 1.807) is 47.7 Å². The molecule has 0 saturated carbocycles. The lowest BCUT2D eigenvalue weighted by Crippen LogP contribution is -2.23. The lowest BCUT2D eigenvalue weighted by molar-refractivity contribution is 0.498. The molecule has 7 nitrogen and oxygen atoms in total. The number of benzene rings is 2. The van der Waals surface area contributed by atoms with E-state index in [9.17, 15) is 8.42 Å². The van der Waals surface area contributed by atoms with Crippen LogP contribution in [0.5, 0.6) is 0 Å². The third kappa shape index (κ3) is 4.28. The summed E-state index contributed by atoms with van der Waals surface area (Å²) in [6, 6.07) is 18.1. The quantitative estimate of drug-likeness (QED) is 0.367. The summed E-state index contributed by atoms with van der Waals surface area (Å²) in [5, 5.41) is 8.71. The van der Waals surface area contributed by atoms with Crippen LogP contribution in [0.25, 0.3) is 10.2 Å². The van der Waals surface area contributed by atoms with Gasteiger partial charge >= 0.3 is 0 Å². The van der Waals surface area contributed by atoms with Gasteiger partial charge in [0.2, 0.25) is 14.8 Å². The van der Waals surface area contributed by atoms with Gasteiger partial charge in [0.25, 0.3) is 0 Å². The molecule has 1 N–H and O–H groups in total. The predicted molar refractivity (Wildman–Crippen MR) is 118 cm³/mol. The third-order valence-corrected chi connectivity index (χ3v) is 7.12. The van der Waals surface area contributed by atoms with E-state index < -0.39 is 10.0 Å². The van der Waals surface area contributed by atoms with Crippen LogP contribution in [0.1, 0.15) is 18.2 Å². The van der Waals surface area contributed by atoms with Crippen LogP contribution in [-0.2, 0) is 23.6 Å². The highest BCUT2D eigenvalue weighted by atomic mass is 32.2. The van der Waals surface area contributed by atoms with Crippen molar-refractivity contribution < 1.29 is 12.8 Å². The van der Waals surface area contributed by atoms with Crippen molar-refractivity contribution in [3.63, 3.8) is 0 Å². The predicted octanol–water partition coefficient (Wildman–Crippen LogP) is 3.64. The molecule has 0 aliphatic rings. The van der Waals surface area contributed by atoms with E-state index >= 15 is 0 Å². The number of aryl methyl sites for hydroxylation is 1. The van der Waals surface area contributed by atoms with E-state index in [0.717, 1.165) is 20.6 Å². The Labute approximate surface area is 178 Å². The largest absolute Gasteiger partial charge is 0.468 e. The summed E-state index contributed by atoms with van der Waals surface area (Å²) in [5.41, 5.74) is 2.60. The second kappa shape index (κ2) is 8.39. The Morgan fingerprint density at radius 2 is 1.87 bits per heavy atom. The summed E-state index contributed by atoms with van der Waals surface area (Å²) < 4.78 is 35.7. The smallest absolute Gasteiger partial charge is 0.240 e. The SMILES string of the molecule is C/C(=N\N=c1\sc2ccccc2n1C)c1ccc(S(=O)(=O)NCc2ccco2)cc1. The maximum Gasteiger partial charge on any atom is 0.240 e. The van der Waals surface area contributed by atoms with Crippen molar-refractivity contribution in [1.82, 2.24) is 9.29 Å².